The molecule has 0 atom stereocenters. The number of amides is 1. The van der Waals surface area contributed by atoms with E-state index in [2.05, 4.69) is 5.32 Å². The van der Waals surface area contributed by atoms with E-state index in [9.17, 15) is 4.79 Å². The molecule has 0 bridgehead atoms. The maximum atomic E-state index is 12.3. The van der Waals surface area contributed by atoms with Gasteiger partial charge in [0.25, 0.3) is 5.91 Å². The number of hydrogen-bond acceptors (Lipinski definition) is 2. The van der Waals surface area contributed by atoms with Crippen LogP contribution < -0.4 is 11.1 Å². The number of nitrogen functional groups attached to an aromatic ring is 1. The van der Waals surface area contributed by atoms with Gasteiger partial charge in [-0.2, -0.15) is 0 Å². The van der Waals surface area contributed by atoms with E-state index in [1.165, 1.54) is 0 Å². The van der Waals surface area contributed by atoms with Crippen LogP contribution in [0.25, 0.3) is 10.8 Å². The fourth-order valence-electron chi connectivity index (χ4n) is 2.40. The van der Waals surface area contributed by atoms with Gasteiger partial charge in [-0.25, -0.2) is 0 Å². The van der Waals surface area contributed by atoms with Crippen molar-refractivity contribution in [3.05, 3.63) is 66.0 Å². The number of rotatable bonds is 3. The molecule has 1 amide bonds. The molecule has 21 heavy (non-hydrogen) atoms. The number of carbonyl (C=O) groups excluding carboxylic acids is 1. The molecule has 3 aromatic rings. The molecular formula is C17H17N3O. The molecule has 2 aromatic carbocycles. The largest absolute Gasteiger partial charge is 0.398 e. The zero-order valence-corrected chi connectivity index (χ0v) is 11.8. The predicted octanol–water partition coefficient (Wildman–Crippen LogP) is 2.69. The van der Waals surface area contributed by atoms with E-state index in [0.717, 1.165) is 16.3 Å². The minimum atomic E-state index is -0.151. The van der Waals surface area contributed by atoms with Crippen molar-refractivity contribution in [2.75, 3.05) is 5.73 Å². The lowest BCUT2D eigenvalue weighted by Gasteiger charge is -2.08. The molecule has 0 aliphatic heterocycles. The summed E-state index contributed by atoms with van der Waals surface area (Å²) in [6.45, 7) is 0.492. The molecule has 106 valence electrons. The lowest BCUT2D eigenvalue weighted by Crippen LogP contribution is -2.23. The maximum absolute atomic E-state index is 12.3. The summed E-state index contributed by atoms with van der Waals surface area (Å²) < 4.78 is 1.95. The Morgan fingerprint density at radius 2 is 1.90 bits per heavy atom. The fourth-order valence-corrected chi connectivity index (χ4v) is 2.40. The molecule has 0 fully saturated rings. The van der Waals surface area contributed by atoms with Crippen LogP contribution in [0.15, 0.2) is 54.9 Å². The van der Waals surface area contributed by atoms with Gasteiger partial charge in [-0.05, 0) is 34.5 Å². The highest BCUT2D eigenvalue weighted by Crippen LogP contribution is 2.21. The van der Waals surface area contributed by atoms with Gasteiger partial charge >= 0.3 is 0 Å². The lowest BCUT2D eigenvalue weighted by atomic mass is 10.0. The Bertz CT molecular complexity index is 805. The Hall–Kier alpha value is -2.75. The second-order valence-electron chi connectivity index (χ2n) is 5.15. The summed E-state index contributed by atoms with van der Waals surface area (Å²) in [6.07, 6.45) is 3.93. The first-order valence-electron chi connectivity index (χ1n) is 6.81. The summed E-state index contributed by atoms with van der Waals surface area (Å²) in [6, 6.07) is 13.5. The van der Waals surface area contributed by atoms with Crippen LogP contribution >= 0.6 is 0 Å². The van der Waals surface area contributed by atoms with Gasteiger partial charge in [-0.1, -0.05) is 24.3 Å². The number of aryl methyl sites for hydroxylation is 1. The van der Waals surface area contributed by atoms with Crippen molar-refractivity contribution in [3.8, 4) is 0 Å². The van der Waals surface area contributed by atoms with Gasteiger partial charge in [0.1, 0.15) is 0 Å². The van der Waals surface area contributed by atoms with Crippen molar-refractivity contribution in [2.24, 2.45) is 7.05 Å². The third-order valence-corrected chi connectivity index (χ3v) is 3.51. The number of fused-ring (bicyclic) bond motifs is 1. The van der Waals surface area contributed by atoms with Gasteiger partial charge in [0.05, 0.1) is 5.56 Å². The monoisotopic (exact) mass is 279 g/mol. The number of nitrogens with two attached hydrogens (primary N) is 1. The average Bonchev–Trinajstić information content (AvgIpc) is 2.89. The molecule has 0 aliphatic rings. The first-order chi connectivity index (χ1) is 10.1. The van der Waals surface area contributed by atoms with Gasteiger partial charge in [0.15, 0.2) is 0 Å². The van der Waals surface area contributed by atoms with Gasteiger partial charge in [-0.3, -0.25) is 4.79 Å². The van der Waals surface area contributed by atoms with E-state index in [0.29, 0.717) is 17.8 Å². The molecule has 0 saturated heterocycles. The quantitative estimate of drug-likeness (QED) is 0.724. The van der Waals surface area contributed by atoms with E-state index in [1.807, 2.05) is 66.5 Å². The molecule has 1 aromatic heterocycles. The standard InChI is InChI=1S/C17H17N3O/c1-20-7-6-12(11-20)10-19-17(21)15-8-13-4-2-3-5-14(13)9-16(15)18/h2-9,11H,10,18H2,1H3,(H,19,21). The molecule has 0 aliphatic carbocycles. The number of nitrogens with zero attached hydrogens (tertiary/aromatic N) is 1. The van der Waals surface area contributed by atoms with Crippen LogP contribution in [0.4, 0.5) is 5.69 Å². The molecule has 0 saturated carbocycles. The Kier molecular flexibility index (Phi) is 3.36. The van der Waals surface area contributed by atoms with E-state index in [4.69, 9.17) is 5.73 Å². The Balaban J connectivity index is 1.82. The summed E-state index contributed by atoms with van der Waals surface area (Å²) in [4.78, 5) is 12.3. The number of nitrogens with one attached hydrogen (secondary N) is 1. The smallest absolute Gasteiger partial charge is 0.253 e. The molecule has 4 heteroatoms. The summed E-state index contributed by atoms with van der Waals surface area (Å²) in [5.41, 5.74) is 8.07. The minimum absolute atomic E-state index is 0.151. The number of aromatic nitrogens is 1. The third-order valence-electron chi connectivity index (χ3n) is 3.51. The number of anilines is 1. The summed E-state index contributed by atoms with van der Waals surface area (Å²) in [5, 5.41) is 4.95. The van der Waals surface area contributed by atoms with Crippen molar-refractivity contribution in [1.82, 2.24) is 9.88 Å². The van der Waals surface area contributed by atoms with Crippen molar-refractivity contribution in [3.63, 3.8) is 0 Å². The molecular weight excluding hydrogens is 262 g/mol. The molecule has 0 radical (unpaired) electrons. The first-order valence-corrected chi connectivity index (χ1v) is 6.81. The van der Waals surface area contributed by atoms with Crippen LogP contribution in [0.2, 0.25) is 0 Å². The molecule has 4 nitrogen and oxygen atoms in total. The van der Waals surface area contributed by atoms with Crippen LogP contribution in [0.1, 0.15) is 15.9 Å². The van der Waals surface area contributed by atoms with E-state index in [1.54, 1.807) is 0 Å². The van der Waals surface area contributed by atoms with E-state index < -0.39 is 0 Å². The summed E-state index contributed by atoms with van der Waals surface area (Å²) in [7, 11) is 1.95. The Morgan fingerprint density at radius 3 is 2.57 bits per heavy atom. The van der Waals surface area contributed by atoms with Crippen LogP contribution in [0.3, 0.4) is 0 Å². The van der Waals surface area contributed by atoms with Crippen molar-refractivity contribution in [2.45, 2.75) is 6.54 Å². The summed E-state index contributed by atoms with van der Waals surface area (Å²) in [5.74, 6) is -0.151. The number of carbonyl (C=O) groups is 1. The van der Waals surface area contributed by atoms with Crippen molar-refractivity contribution >= 4 is 22.4 Å². The van der Waals surface area contributed by atoms with Crippen molar-refractivity contribution in [1.29, 1.82) is 0 Å². The molecule has 0 unspecified atom stereocenters. The van der Waals surface area contributed by atoms with Crippen LogP contribution in [0.5, 0.6) is 0 Å². The predicted molar refractivity (Wildman–Crippen MR) is 84.9 cm³/mol. The fraction of sp³-hybridized carbons (Fsp3) is 0.118. The first kappa shape index (κ1) is 13.2. The maximum Gasteiger partial charge on any atom is 0.253 e. The molecule has 3 N–H and O–H groups in total. The molecule has 3 rings (SSSR count). The molecule has 0 spiro atoms. The summed E-state index contributed by atoms with van der Waals surface area (Å²) >= 11 is 0. The number of benzene rings is 2. The minimum Gasteiger partial charge on any atom is -0.398 e. The van der Waals surface area contributed by atoms with Gasteiger partial charge in [0, 0.05) is 31.7 Å². The van der Waals surface area contributed by atoms with Crippen LogP contribution in [-0.4, -0.2) is 10.5 Å². The highest BCUT2D eigenvalue weighted by molar-refractivity contribution is 6.03. The lowest BCUT2D eigenvalue weighted by molar-refractivity contribution is 0.0952. The van der Waals surface area contributed by atoms with Crippen LogP contribution in [0, 0.1) is 0 Å². The van der Waals surface area contributed by atoms with Crippen molar-refractivity contribution < 1.29 is 4.79 Å². The second-order valence-corrected chi connectivity index (χ2v) is 5.15. The molecule has 1 heterocycles. The van der Waals surface area contributed by atoms with Gasteiger partial charge in [-0.15, -0.1) is 0 Å². The highest BCUT2D eigenvalue weighted by Gasteiger charge is 2.11. The van der Waals surface area contributed by atoms with E-state index in [-0.39, 0.29) is 5.91 Å². The Labute approximate surface area is 123 Å². The highest BCUT2D eigenvalue weighted by atomic mass is 16.1. The zero-order chi connectivity index (χ0) is 14.8. The number of hydrogen-bond donors (Lipinski definition) is 2. The SMILES string of the molecule is Cn1ccc(CNC(=O)c2cc3ccccc3cc2N)c1. The second kappa shape index (κ2) is 5.32. The van der Waals surface area contributed by atoms with Crippen LogP contribution in [-0.2, 0) is 13.6 Å². The van der Waals surface area contributed by atoms with E-state index >= 15 is 0 Å². The van der Waals surface area contributed by atoms with Gasteiger partial charge in [0.2, 0.25) is 0 Å². The third kappa shape index (κ3) is 2.74. The zero-order valence-electron chi connectivity index (χ0n) is 11.8. The average molecular weight is 279 g/mol. The van der Waals surface area contributed by atoms with Gasteiger partial charge < -0.3 is 15.6 Å². The normalized spacial score (nSPS) is 10.7. The topological polar surface area (TPSA) is 60.0 Å². The Morgan fingerprint density at radius 1 is 1.19 bits per heavy atom.